The molecule has 1 fully saturated rings. The first kappa shape index (κ1) is 19.4. The molecule has 1 saturated carbocycles. The van der Waals surface area contributed by atoms with Gasteiger partial charge in [-0.1, -0.05) is 30.3 Å². The van der Waals surface area contributed by atoms with E-state index in [2.05, 4.69) is 52.9 Å². The molecule has 0 amide bonds. The summed E-state index contributed by atoms with van der Waals surface area (Å²) in [6.07, 6.45) is 7.65. The Kier molecular flexibility index (Phi) is 5.40. The molecule has 0 unspecified atom stereocenters. The van der Waals surface area contributed by atoms with Gasteiger partial charge < -0.3 is 16.4 Å². The Hall–Kier alpha value is -3.59. The topological polar surface area (TPSA) is 130 Å². The van der Waals surface area contributed by atoms with Crippen LogP contribution in [-0.2, 0) is 6.54 Å². The predicted molar refractivity (Wildman–Crippen MR) is 120 cm³/mol. The maximum absolute atomic E-state index is 5.99. The Bertz CT molecular complexity index is 1150. The molecule has 158 valence electrons. The summed E-state index contributed by atoms with van der Waals surface area (Å²) in [5.41, 5.74) is 9.25. The van der Waals surface area contributed by atoms with Crippen LogP contribution in [-0.4, -0.2) is 42.2 Å². The number of anilines is 2. The highest BCUT2D eigenvalue weighted by Crippen LogP contribution is 2.25. The first-order valence-electron chi connectivity index (χ1n) is 10.6. The number of nitrogens with zero attached hydrogens (tertiary/aromatic N) is 5. The zero-order valence-corrected chi connectivity index (χ0v) is 17.1. The molecule has 1 aromatic carbocycles. The maximum Gasteiger partial charge on any atom is 0.224 e. The maximum atomic E-state index is 5.99. The highest BCUT2D eigenvalue weighted by atomic mass is 15.2. The second-order valence-corrected chi connectivity index (χ2v) is 7.89. The van der Waals surface area contributed by atoms with Crippen LogP contribution in [0.2, 0.25) is 0 Å². The number of hydrogen-bond donors (Lipinski definition) is 4. The molecule has 5 N–H and O–H groups in total. The van der Waals surface area contributed by atoms with Crippen molar-refractivity contribution in [2.24, 2.45) is 5.73 Å². The zero-order chi connectivity index (χ0) is 21.0. The third-order valence-electron chi connectivity index (χ3n) is 5.61. The number of hydrogen-bond acceptors (Lipinski definition) is 8. The summed E-state index contributed by atoms with van der Waals surface area (Å²) in [6, 6.07) is 12.6. The van der Waals surface area contributed by atoms with E-state index in [1.807, 2.05) is 24.3 Å². The minimum absolute atomic E-state index is 0.316. The van der Waals surface area contributed by atoms with E-state index in [0.29, 0.717) is 47.6 Å². The number of fused-ring (bicyclic) bond motifs is 1. The van der Waals surface area contributed by atoms with E-state index in [1.165, 1.54) is 0 Å². The van der Waals surface area contributed by atoms with Gasteiger partial charge in [0.1, 0.15) is 5.69 Å². The molecule has 3 aromatic heterocycles. The fourth-order valence-electron chi connectivity index (χ4n) is 3.87. The molecular weight excluding hydrogens is 390 g/mol. The number of nitrogens with one attached hydrogen (secondary N) is 3. The van der Waals surface area contributed by atoms with E-state index in [0.717, 1.165) is 36.6 Å². The molecule has 1 aliphatic rings. The van der Waals surface area contributed by atoms with Gasteiger partial charge in [-0.15, -0.1) is 0 Å². The number of aromatic amines is 1. The number of benzene rings is 1. The summed E-state index contributed by atoms with van der Waals surface area (Å²) in [4.78, 5) is 18.0. The number of rotatable bonds is 6. The van der Waals surface area contributed by atoms with Crippen molar-refractivity contribution in [2.45, 2.75) is 44.3 Å². The molecule has 0 atom stereocenters. The molecule has 0 bridgehead atoms. The molecule has 31 heavy (non-hydrogen) atoms. The molecule has 3 heterocycles. The van der Waals surface area contributed by atoms with Crippen LogP contribution in [0.4, 0.5) is 11.9 Å². The molecule has 0 aliphatic heterocycles. The van der Waals surface area contributed by atoms with Crippen molar-refractivity contribution in [3.05, 3.63) is 54.4 Å². The molecule has 9 nitrogen and oxygen atoms in total. The average Bonchev–Trinajstić information content (AvgIpc) is 3.23. The minimum Gasteiger partial charge on any atom is -0.351 e. The fourth-order valence-corrected chi connectivity index (χ4v) is 3.87. The molecular formula is C22H25N9. The normalized spacial score (nSPS) is 18.7. The largest absolute Gasteiger partial charge is 0.351 e. The number of aromatic nitrogens is 6. The summed E-state index contributed by atoms with van der Waals surface area (Å²) < 4.78 is 0. The van der Waals surface area contributed by atoms with Crippen LogP contribution in [0.5, 0.6) is 0 Å². The van der Waals surface area contributed by atoms with Crippen molar-refractivity contribution >= 4 is 22.9 Å². The Morgan fingerprint density at radius 1 is 0.968 bits per heavy atom. The van der Waals surface area contributed by atoms with E-state index in [4.69, 9.17) is 5.73 Å². The van der Waals surface area contributed by atoms with E-state index in [1.54, 1.807) is 12.4 Å². The number of H-pyrrole nitrogens is 1. The van der Waals surface area contributed by atoms with Crippen molar-refractivity contribution in [1.82, 2.24) is 30.1 Å². The molecule has 0 radical (unpaired) electrons. The highest BCUT2D eigenvalue weighted by molar-refractivity contribution is 5.89. The van der Waals surface area contributed by atoms with Crippen molar-refractivity contribution in [3.8, 4) is 11.4 Å². The van der Waals surface area contributed by atoms with Crippen LogP contribution in [0.15, 0.2) is 48.8 Å². The van der Waals surface area contributed by atoms with Gasteiger partial charge in [-0.05, 0) is 37.3 Å². The Labute approximate surface area is 179 Å². The van der Waals surface area contributed by atoms with Gasteiger partial charge in [0.25, 0.3) is 0 Å². The van der Waals surface area contributed by atoms with Crippen molar-refractivity contribution in [2.75, 3.05) is 10.6 Å². The lowest BCUT2D eigenvalue weighted by atomic mass is 9.92. The van der Waals surface area contributed by atoms with Crippen LogP contribution in [0.1, 0.15) is 31.2 Å². The highest BCUT2D eigenvalue weighted by Gasteiger charge is 2.20. The molecule has 5 rings (SSSR count). The van der Waals surface area contributed by atoms with Crippen LogP contribution in [0.3, 0.4) is 0 Å². The van der Waals surface area contributed by atoms with Crippen molar-refractivity contribution in [3.63, 3.8) is 0 Å². The van der Waals surface area contributed by atoms with Gasteiger partial charge in [-0.3, -0.25) is 5.10 Å². The Balaban J connectivity index is 1.32. The van der Waals surface area contributed by atoms with Crippen LogP contribution in [0, 0.1) is 0 Å². The molecule has 4 aromatic rings. The molecule has 0 saturated heterocycles. The van der Waals surface area contributed by atoms with Gasteiger partial charge in [0.05, 0.1) is 11.1 Å². The van der Waals surface area contributed by atoms with Crippen molar-refractivity contribution < 1.29 is 0 Å². The second-order valence-electron chi connectivity index (χ2n) is 7.89. The summed E-state index contributed by atoms with van der Waals surface area (Å²) in [5, 5.41) is 14.9. The first-order chi connectivity index (χ1) is 15.2. The lowest BCUT2D eigenvalue weighted by molar-refractivity contribution is 0.410. The Morgan fingerprint density at radius 3 is 2.65 bits per heavy atom. The molecule has 9 heteroatoms. The third kappa shape index (κ3) is 4.46. The van der Waals surface area contributed by atoms with Gasteiger partial charge in [-0.2, -0.15) is 10.1 Å². The summed E-state index contributed by atoms with van der Waals surface area (Å²) in [5.74, 6) is 1.16. The van der Waals surface area contributed by atoms with Crippen LogP contribution >= 0.6 is 0 Å². The van der Waals surface area contributed by atoms with Gasteiger partial charge in [0.2, 0.25) is 11.9 Å². The SMILES string of the molecule is N[C@H]1CC[C@H](Nc2ncc3c(-c4ccnc(NCc5ccccc5)n4)n[nH]c3n2)CC1. The Morgan fingerprint density at radius 2 is 1.81 bits per heavy atom. The third-order valence-corrected chi connectivity index (χ3v) is 5.61. The second kappa shape index (κ2) is 8.65. The van der Waals surface area contributed by atoms with Crippen LogP contribution < -0.4 is 16.4 Å². The predicted octanol–water partition coefficient (Wildman–Crippen LogP) is 3.10. The van der Waals surface area contributed by atoms with Crippen molar-refractivity contribution in [1.29, 1.82) is 0 Å². The van der Waals surface area contributed by atoms with E-state index in [9.17, 15) is 0 Å². The summed E-state index contributed by atoms with van der Waals surface area (Å²) in [7, 11) is 0. The smallest absolute Gasteiger partial charge is 0.224 e. The lowest BCUT2D eigenvalue weighted by Crippen LogP contribution is -2.33. The lowest BCUT2D eigenvalue weighted by Gasteiger charge is -2.26. The van der Waals surface area contributed by atoms with Gasteiger partial charge in [0, 0.05) is 31.0 Å². The first-order valence-corrected chi connectivity index (χ1v) is 10.6. The van der Waals surface area contributed by atoms with Crippen LogP contribution in [0.25, 0.3) is 22.4 Å². The number of nitrogens with two attached hydrogens (primary N) is 1. The van der Waals surface area contributed by atoms with Gasteiger partial charge in [-0.25, -0.2) is 15.0 Å². The summed E-state index contributed by atoms with van der Waals surface area (Å²) in [6.45, 7) is 0.649. The standard InChI is InChI=1S/C22H25N9/c23-15-6-8-16(9-7-15)27-22-26-13-17-19(30-31-20(17)29-22)18-10-11-24-21(28-18)25-12-14-4-2-1-3-5-14/h1-5,10-11,13,15-16H,6-9,12,23H2,(H,24,25,28)(H2,26,27,29,30,31)/t15-,16-. The minimum atomic E-state index is 0.316. The van der Waals surface area contributed by atoms with E-state index < -0.39 is 0 Å². The van der Waals surface area contributed by atoms with E-state index in [-0.39, 0.29) is 0 Å². The van der Waals surface area contributed by atoms with E-state index >= 15 is 0 Å². The zero-order valence-electron chi connectivity index (χ0n) is 17.1. The summed E-state index contributed by atoms with van der Waals surface area (Å²) >= 11 is 0. The fraction of sp³-hybridized carbons (Fsp3) is 0.318. The quantitative estimate of drug-likeness (QED) is 0.378. The monoisotopic (exact) mass is 415 g/mol. The molecule has 1 aliphatic carbocycles. The van der Waals surface area contributed by atoms with Gasteiger partial charge >= 0.3 is 0 Å². The average molecular weight is 416 g/mol. The van der Waals surface area contributed by atoms with Gasteiger partial charge in [0.15, 0.2) is 5.65 Å². The molecule has 0 spiro atoms.